The van der Waals surface area contributed by atoms with E-state index in [1.165, 1.54) is 5.56 Å². The van der Waals surface area contributed by atoms with Crippen LogP contribution in [-0.4, -0.2) is 54.5 Å². The average molecular weight is 468 g/mol. The first-order valence-corrected chi connectivity index (χ1v) is 10.6. The van der Waals surface area contributed by atoms with E-state index in [1.54, 1.807) is 15.9 Å². The van der Waals surface area contributed by atoms with Crippen LogP contribution in [0, 0.1) is 0 Å². The molecular weight excluding hydrogens is 447 g/mol. The number of benzene rings is 1. The van der Waals surface area contributed by atoms with E-state index in [2.05, 4.69) is 4.98 Å². The molecule has 2 heterocycles. The Bertz CT molecular complexity index is 1040. The third-order valence-corrected chi connectivity index (χ3v) is 6.02. The predicted molar refractivity (Wildman–Crippen MR) is 112 cm³/mol. The molecule has 32 heavy (non-hydrogen) atoms. The Morgan fingerprint density at radius 1 is 1.06 bits per heavy atom. The molecule has 1 aliphatic heterocycles. The first-order chi connectivity index (χ1) is 15.2. The number of esters is 1. The molecule has 170 valence electrons. The molecule has 0 spiro atoms. The lowest BCUT2D eigenvalue weighted by atomic mass is 10.1. The molecule has 0 bridgehead atoms. The van der Waals surface area contributed by atoms with Crippen LogP contribution in [-0.2, 0) is 28.5 Å². The van der Waals surface area contributed by atoms with E-state index in [0.29, 0.717) is 31.7 Å². The summed E-state index contributed by atoms with van der Waals surface area (Å²) in [6, 6.07) is 6.32. The van der Waals surface area contributed by atoms with Gasteiger partial charge in [0.1, 0.15) is 5.82 Å². The zero-order valence-electron chi connectivity index (χ0n) is 17.1. The van der Waals surface area contributed by atoms with Crippen LogP contribution in [0.1, 0.15) is 33.5 Å². The van der Waals surface area contributed by atoms with Crippen molar-refractivity contribution in [1.29, 1.82) is 0 Å². The summed E-state index contributed by atoms with van der Waals surface area (Å²) in [5, 5.41) is -0.0946. The van der Waals surface area contributed by atoms with Crippen molar-refractivity contribution in [3.05, 3.63) is 57.7 Å². The van der Waals surface area contributed by atoms with Crippen LogP contribution < -0.4 is 4.90 Å². The number of halogens is 4. The third-order valence-electron chi connectivity index (χ3n) is 5.74. The second-order valence-corrected chi connectivity index (χ2v) is 8.22. The highest BCUT2D eigenvalue weighted by Crippen LogP contribution is 2.33. The number of anilines is 1. The van der Waals surface area contributed by atoms with E-state index in [-0.39, 0.29) is 23.4 Å². The van der Waals surface area contributed by atoms with Gasteiger partial charge < -0.3 is 14.5 Å². The van der Waals surface area contributed by atoms with Gasteiger partial charge in [0.05, 0.1) is 16.1 Å². The second kappa shape index (κ2) is 8.97. The van der Waals surface area contributed by atoms with E-state index >= 15 is 0 Å². The van der Waals surface area contributed by atoms with Crippen molar-refractivity contribution in [3.63, 3.8) is 0 Å². The molecule has 4 rings (SSSR count). The Morgan fingerprint density at radius 2 is 1.78 bits per heavy atom. The number of hydrogen-bond acceptors (Lipinski definition) is 5. The molecule has 1 aromatic carbocycles. The highest BCUT2D eigenvalue weighted by atomic mass is 35.5. The molecule has 1 fully saturated rings. The highest BCUT2D eigenvalue weighted by Gasteiger charge is 2.32. The molecule has 0 atom stereocenters. The van der Waals surface area contributed by atoms with Crippen LogP contribution >= 0.6 is 11.6 Å². The molecule has 6 nitrogen and oxygen atoms in total. The Kier molecular flexibility index (Phi) is 6.28. The number of ether oxygens (including phenoxy) is 1. The lowest BCUT2D eigenvalue weighted by molar-refractivity contribution is -0.138. The van der Waals surface area contributed by atoms with E-state index in [0.717, 1.165) is 37.1 Å². The molecule has 1 saturated heterocycles. The van der Waals surface area contributed by atoms with Crippen molar-refractivity contribution in [2.24, 2.45) is 0 Å². The average Bonchev–Trinajstić information content (AvgIpc) is 3.24. The first-order valence-electron chi connectivity index (χ1n) is 10.3. The quantitative estimate of drug-likeness (QED) is 0.641. The standard InChI is InChI=1S/C22H21ClF3N3O3/c23-18-11-17(22(24,25)26)12-27-20(18)29-8-6-28(7-9-29)19(30)13-32-21(31)16-5-4-14-2-1-3-15(14)10-16/h4-5,10-12H,1-3,6-9,13H2. The number of aromatic nitrogens is 1. The van der Waals surface area contributed by atoms with Gasteiger partial charge in [-0.2, -0.15) is 13.2 Å². The molecular formula is C22H21ClF3N3O3. The van der Waals surface area contributed by atoms with E-state index in [1.807, 2.05) is 12.1 Å². The van der Waals surface area contributed by atoms with Crippen molar-refractivity contribution < 1.29 is 27.5 Å². The summed E-state index contributed by atoms with van der Waals surface area (Å²) in [5.41, 5.74) is 1.92. The maximum atomic E-state index is 12.8. The summed E-state index contributed by atoms with van der Waals surface area (Å²) in [7, 11) is 0. The lowest BCUT2D eigenvalue weighted by Crippen LogP contribution is -2.50. The van der Waals surface area contributed by atoms with E-state index in [4.69, 9.17) is 16.3 Å². The van der Waals surface area contributed by atoms with Gasteiger partial charge in [0.2, 0.25) is 0 Å². The first kappa shape index (κ1) is 22.4. The number of piperazine rings is 1. The fourth-order valence-corrected chi connectivity index (χ4v) is 4.27. The highest BCUT2D eigenvalue weighted by molar-refractivity contribution is 6.33. The van der Waals surface area contributed by atoms with Crippen LogP contribution in [0.2, 0.25) is 5.02 Å². The van der Waals surface area contributed by atoms with Crippen LogP contribution in [0.4, 0.5) is 19.0 Å². The molecule has 0 saturated carbocycles. The van der Waals surface area contributed by atoms with Gasteiger partial charge in [-0.1, -0.05) is 17.7 Å². The number of hydrogen-bond donors (Lipinski definition) is 0. The van der Waals surface area contributed by atoms with Crippen LogP contribution in [0.25, 0.3) is 0 Å². The zero-order chi connectivity index (χ0) is 22.9. The predicted octanol–water partition coefficient (Wildman–Crippen LogP) is 3.75. The number of alkyl halides is 3. The van der Waals surface area contributed by atoms with Crippen molar-refractivity contribution in [2.45, 2.75) is 25.4 Å². The van der Waals surface area contributed by atoms with Gasteiger partial charge in [-0.15, -0.1) is 0 Å². The SMILES string of the molecule is O=C(OCC(=O)N1CCN(c2ncc(C(F)(F)F)cc2Cl)CC1)c1ccc2c(c1)CCC2. The maximum Gasteiger partial charge on any atom is 0.417 e. The van der Waals surface area contributed by atoms with Crippen LogP contribution in [0.15, 0.2) is 30.5 Å². The van der Waals surface area contributed by atoms with Crippen molar-refractivity contribution in [1.82, 2.24) is 9.88 Å². The Balaban J connectivity index is 1.29. The topological polar surface area (TPSA) is 62.7 Å². The fraction of sp³-hybridized carbons (Fsp3) is 0.409. The summed E-state index contributed by atoms with van der Waals surface area (Å²) in [5.74, 6) is -0.618. The minimum absolute atomic E-state index is 0.0946. The smallest absolute Gasteiger partial charge is 0.417 e. The van der Waals surface area contributed by atoms with E-state index < -0.39 is 17.7 Å². The molecule has 10 heteroatoms. The Hall–Kier alpha value is -2.81. The molecule has 1 aliphatic carbocycles. The van der Waals surface area contributed by atoms with Gasteiger partial charge in [-0.25, -0.2) is 9.78 Å². The molecule has 0 radical (unpaired) electrons. The van der Waals surface area contributed by atoms with Gasteiger partial charge in [-0.3, -0.25) is 4.79 Å². The van der Waals surface area contributed by atoms with Gasteiger partial charge in [0.25, 0.3) is 5.91 Å². The number of fused-ring (bicyclic) bond motifs is 1. The number of rotatable bonds is 4. The molecule has 0 N–H and O–H groups in total. The number of aryl methyl sites for hydroxylation is 2. The van der Waals surface area contributed by atoms with Gasteiger partial charge in [0, 0.05) is 32.4 Å². The number of nitrogens with zero attached hydrogens (tertiary/aromatic N) is 3. The number of amides is 1. The molecule has 1 amide bonds. The van der Waals surface area contributed by atoms with Gasteiger partial charge in [-0.05, 0) is 48.6 Å². The number of pyridine rings is 1. The maximum absolute atomic E-state index is 12.8. The van der Waals surface area contributed by atoms with Crippen molar-refractivity contribution in [2.75, 3.05) is 37.7 Å². The van der Waals surface area contributed by atoms with Crippen molar-refractivity contribution in [3.8, 4) is 0 Å². The summed E-state index contributed by atoms with van der Waals surface area (Å²) >= 11 is 6.00. The molecule has 1 aromatic heterocycles. The summed E-state index contributed by atoms with van der Waals surface area (Å²) in [6.07, 6.45) is -0.736. The molecule has 0 unspecified atom stereocenters. The number of carbonyl (C=O) groups excluding carboxylic acids is 2. The summed E-state index contributed by atoms with van der Waals surface area (Å²) in [4.78, 5) is 31.9. The minimum atomic E-state index is -4.52. The van der Waals surface area contributed by atoms with Gasteiger partial charge in [0.15, 0.2) is 6.61 Å². The zero-order valence-corrected chi connectivity index (χ0v) is 17.9. The summed E-state index contributed by atoms with van der Waals surface area (Å²) < 4.78 is 43.6. The lowest BCUT2D eigenvalue weighted by Gasteiger charge is -2.35. The second-order valence-electron chi connectivity index (χ2n) is 7.81. The van der Waals surface area contributed by atoms with Crippen LogP contribution in [0.3, 0.4) is 0 Å². The van der Waals surface area contributed by atoms with Crippen LogP contribution in [0.5, 0.6) is 0 Å². The minimum Gasteiger partial charge on any atom is -0.452 e. The Morgan fingerprint density at radius 3 is 2.47 bits per heavy atom. The van der Waals surface area contributed by atoms with Gasteiger partial charge >= 0.3 is 12.1 Å². The fourth-order valence-electron chi connectivity index (χ4n) is 3.99. The molecule has 2 aliphatic rings. The third kappa shape index (κ3) is 4.82. The summed E-state index contributed by atoms with van der Waals surface area (Å²) in [6.45, 7) is 0.961. The number of carbonyl (C=O) groups is 2. The normalized spacial score (nSPS) is 16.1. The molecule has 2 aromatic rings. The van der Waals surface area contributed by atoms with Crippen molar-refractivity contribution >= 4 is 29.3 Å². The van der Waals surface area contributed by atoms with E-state index in [9.17, 15) is 22.8 Å². The monoisotopic (exact) mass is 467 g/mol. The largest absolute Gasteiger partial charge is 0.452 e. The Labute approximate surface area is 187 Å².